The standard InChI is InChI=1S/C15H22N4/c16-9-11-5-7-12(8-6-11)10-17-15-18-13-3-1-2-4-14(13)19-15/h1-4,11-12H,5-10,16H2,(H2,17,18,19). The maximum Gasteiger partial charge on any atom is 0.201 e. The molecule has 19 heavy (non-hydrogen) atoms. The van der Waals surface area contributed by atoms with Crippen molar-refractivity contribution in [2.24, 2.45) is 17.6 Å². The van der Waals surface area contributed by atoms with Gasteiger partial charge in [-0.3, -0.25) is 0 Å². The molecule has 1 aromatic carbocycles. The van der Waals surface area contributed by atoms with E-state index in [9.17, 15) is 0 Å². The number of nitrogens with one attached hydrogen (secondary N) is 2. The van der Waals surface area contributed by atoms with Gasteiger partial charge in [-0.1, -0.05) is 12.1 Å². The van der Waals surface area contributed by atoms with Crippen molar-refractivity contribution in [1.29, 1.82) is 0 Å². The molecule has 2 aromatic rings. The number of nitrogens with zero attached hydrogens (tertiary/aromatic N) is 1. The number of aromatic amines is 1. The summed E-state index contributed by atoms with van der Waals surface area (Å²) in [5, 5.41) is 3.44. The zero-order chi connectivity index (χ0) is 13.1. The van der Waals surface area contributed by atoms with Gasteiger partial charge in [-0.05, 0) is 56.2 Å². The number of nitrogens with two attached hydrogens (primary N) is 1. The van der Waals surface area contributed by atoms with Gasteiger partial charge in [0.15, 0.2) is 0 Å². The molecule has 3 rings (SSSR count). The lowest BCUT2D eigenvalue weighted by Gasteiger charge is -2.27. The first kappa shape index (κ1) is 12.5. The summed E-state index contributed by atoms with van der Waals surface area (Å²) >= 11 is 0. The summed E-state index contributed by atoms with van der Waals surface area (Å²) in [5.74, 6) is 2.40. The van der Waals surface area contributed by atoms with E-state index in [4.69, 9.17) is 5.73 Å². The van der Waals surface area contributed by atoms with E-state index in [2.05, 4.69) is 21.4 Å². The molecule has 4 heteroatoms. The van der Waals surface area contributed by atoms with Crippen LogP contribution in [-0.2, 0) is 0 Å². The van der Waals surface area contributed by atoms with Gasteiger partial charge < -0.3 is 16.0 Å². The molecule has 4 N–H and O–H groups in total. The van der Waals surface area contributed by atoms with Gasteiger partial charge in [0.25, 0.3) is 0 Å². The van der Waals surface area contributed by atoms with Crippen LogP contribution in [0.1, 0.15) is 25.7 Å². The normalized spacial score (nSPS) is 23.6. The third-order valence-corrected chi connectivity index (χ3v) is 4.25. The summed E-state index contributed by atoms with van der Waals surface area (Å²) in [7, 11) is 0. The van der Waals surface area contributed by atoms with Crippen molar-refractivity contribution in [2.75, 3.05) is 18.4 Å². The van der Waals surface area contributed by atoms with Crippen LogP contribution in [-0.4, -0.2) is 23.1 Å². The Morgan fingerprint density at radius 1 is 1.16 bits per heavy atom. The number of H-pyrrole nitrogens is 1. The predicted octanol–water partition coefficient (Wildman–Crippen LogP) is 2.74. The maximum absolute atomic E-state index is 5.73. The number of benzene rings is 1. The fourth-order valence-electron chi connectivity index (χ4n) is 2.95. The molecule has 1 aromatic heterocycles. The number of imidazole rings is 1. The van der Waals surface area contributed by atoms with Crippen LogP contribution in [0.3, 0.4) is 0 Å². The highest BCUT2D eigenvalue weighted by Gasteiger charge is 2.20. The summed E-state index contributed by atoms with van der Waals surface area (Å²) in [6.45, 7) is 1.86. The second-order valence-electron chi connectivity index (χ2n) is 5.61. The van der Waals surface area contributed by atoms with E-state index in [1.165, 1.54) is 25.7 Å². The second-order valence-corrected chi connectivity index (χ2v) is 5.61. The Balaban J connectivity index is 1.55. The first-order chi connectivity index (χ1) is 9.35. The number of fused-ring (bicyclic) bond motifs is 1. The summed E-state index contributed by atoms with van der Waals surface area (Å²) < 4.78 is 0. The van der Waals surface area contributed by atoms with E-state index in [1.54, 1.807) is 0 Å². The third kappa shape index (κ3) is 2.89. The minimum Gasteiger partial charge on any atom is -0.356 e. The van der Waals surface area contributed by atoms with Crippen molar-refractivity contribution in [3.05, 3.63) is 24.3 Å². The van der Waals surface area contributed by atoms with Crippen molar-refractivity contribution in [1.82, 2.24) is 9.97 Å². The van der Waals surface area contributed by atoms with Gasteiger partial charge in [-0.15, -0.1) is 0 Å². The maximum atomic E-state index is 5.73. The molecular formula is C15H22N4. The Morgan fingerprint density at radius 3 is 2.63 bits per heavy atom. The fourth-order valence-corrected chi connectivity index (χ4v) is 2.95. The molecule has 4 nitrogen and oxygen atoms in total. The Labute approximate surface area is 113 Å². The van der Waals surface area contributed by atoms with E-state index < -0.39 is 0 Å². The highest BCUT2D eigenvalue weighted by atomic mass is 15.1. The molecule has 0 unspecified atom stereocenters. The lowest BCUT2D eigenvalue weighted by Crippen LogP contribution is -2.25. The van der Waals surface area contributed by atoms with E-state index in [0.717, 1.165) is 41.9 Å². The zero-order valence-corrected chi connectivity index (χ0v) is 11.2. The van der Waals surface area contributed by atoms with Gasteiger partial charge in [0.05, 0.1) is 11.0 Å². The van der Waals surface area contributed by atoms with Crippen LogP contribution in [0.25, 0.3) is 11.0 Å². The molecule has 0 atom stereocenters. The molecule has 1 heterocycles. The highest BCUT2D eigenvalue weighted by Crippen LogP contribution is 2.28. The van der Waals surface area contributed by atoms with Gasteiger partial charge >= 0.3 is 0 Å². The van der Waals surface area contributed by atoms with Crippen LogP contribution in [0.5, 0.6) is 0 Å². The SMILES string of the molecule is NCC1CCC(CNc2nc3ccccc3[nH]2)CC1. The second kappa shape index (κ2) is 5.61. The van der Waals surface area contributed by atoms with Gasteiger partial charge in [-0.25, -0.2) is 4.98 Å². The third-order valence-electron chi connectivity index (χ3n) is 4.25. The molecule has 0 bridgehead atoms. The molecule has 0 aliphatic heterocycles. The molecular weight excluding hydrogens is 236 g/mol. The van der Waals surface area contributed by atoms with Gasteiger partial charge in [0, 0.05) is 6.54 Å². The fraction of sp³-hybridized carbons (Fsp3) is 0.533. The Hall–Kier alpha value is -1.55. The number of hydrogen-bond donors (Lipinski definition) is 3. The Kier molecular flexibility index (Phi) is 3.69. The molecule has 1 fully saturated rings. The quantitative estimate of drug-likeness (QED) is 0.790. The molecule has 1 aliphatic carbocycles. The van der Waals surface area contributed by atoms with Crippen LogP contribution >= 0.6 is 0 Å². The Morgan fingerprint density at radius 2 is 1.89 bits per heavy atom. The number of aromatic nitrogens is 2. The zero-order valence-electron chi connectivity index (χ0n) is 11.2. The molecule has 1 saturated carbocycles. The predicted molar refractivity (Wildman–Crippen MR) is 79.1 cm³/mol. The molecule has 0 spiro atoms. The monoisotopic (exact) mass is 258 g/mol. The average Bonchev–Trinajstić information content (AvgIpc) is 2.88. The average molecular weight is 258 g/mol. The van der Waals surface area contributed by atoms with Gasteiger partial charge in [-0.2, -0.15) is 0 Å². The first-order valence-corrected chi connectivity index (χ1v) is 7.24. The molecule has 0 saturated heterocycles. The lowest BCUT2D eigenvalue weighted by atomic mass is 9.82. The number of rotatable bonds is 4. The van der Waals surface area contributed by atoms with Gasteiger partial charge in [0.1, 0.15) is 0 Å². The summed E-state index contributed by atoms with van der Waals surface area (Å²) in [6.07, 6.45) is 5.14. The van der Waals surface area contributed by atoms with Crippen LogP contribution in [0.2, 0.25) is 0 Å². The van der Waals surface area contributed by atoms with Crippen molar-refractivity contribution in [2.45, 2.75) is 25.7 Å². The van der Waals surface area contributed by atoms with E-state index in [-0.39, 0.29) is 0 Å². The van der Waals surface area contributed by atoms with Crippen molar-refractivity contribution < 1.29 is 0 Å². The summed E-state index contributed by atoms with van der Waals surface area (Å²) in [5.41, 5.74) is 7.85. The van der Waals surface area contributed by atoms with E-state index in [0.29, 0.717) is 0 Å². The van der Waals surface area contributed by atoms with E-state index >= 15 is 0 Å². The van der Waals surface area contributed by atoms with Crippen molar-refractivity contribution >= 4 is 17.0 Å². The minimum absolute atomic E-state index is 0.752. The van der Waals surface area contributed by atoms with Gasteiger partial charge in [0.2, 0.25) is 5.95 Å². The van der Waals surface area contributed by atoms with Crippen LogP contribution in [0, 0.1) is 11.8 Å². The molecule has 0 amide bonds. The first-order valence-electron chi connectivity index (χ1n) is 7.24. The topological polar surface area (TPSA) is 66.7 Å². The van der Waals surface area contributed by atoms with E-state index in [1.807, 2.05) is 18.2 Å². The number of anilines is 1. The molecule has 0 radical (unpaired) electrons. The summed E-state index contributed by atoms with van der Waals surface area (Å²) in [4.78, 5) is 7.85. The largest absolute Gasteiger partial charge is 0.356 e. The lowest BCUT2D eigenvalue weighted by molar-refractivity contribution is 0.289. The van der Waals surface area contributed by atoms with Crippen molar-refractivity contribution in [3.63, 3.8) is 0 Å². The van der Waals surface area contributed by atoms with Crippen LogP contribution in [0.4, 0.5) is 5.95 Å². The highest BCUT2D eigenvalue weighted by molar-refractivity contribution is 5.77. The van der Waals surface area contributed by atoms with Crippen LogP contribution < -0.4 is 11.1 Å². The number of hydrogen-bond acceptors (Lipinski definition) is 3. The summed E-state index contributed by atoms with van der Waals surface area (Å²) in [6, 6.07) is 8.13. The minimum atomic E-state index is 0.752. The smallest absolute Gasteiger partial charge is 0.201 e. The van der Waals surface area contributed by atoms with Crippen LogP contribution in [0.15, 0.2) is 24.3 Å². The molecule has 102 valence electrons. The number of para-hydroxylation sites is 2. The molecule has 1 aliphatic rings. The Bertz CT molecular complexity index is 493. The van der Waals surface area contributed by atoms with Crippen molar-refractivity contribution in [3.8, 4) is 0 Å².